The number of benzene rings is 2. The SMILES string of the molecule is CCOC(Cc1cccc(/C(C)=N/OCc2cccc(Cl)c2)c1)C(=O)O. The summed E-state index contributed by atoms with van der Waals surface area (Å²) in [5.41, 5.74) is 3.38. The van der Waals surface area contributed by atoms with Gasteiger partial charge in [-0.3, -0.25) is 0 Å². The maximum atomic E-state index is 11.2. The molecule has 0 fully saturated rings. The van der Waals surface area contributed by atoms with E-state index in [1.165, 1.54) is 0 Å². The Balaban J connectivity index is 2.02. The third-order valence-corrected chi connectivity index (χ3v) is 3.97. The maximum absolute atomic E-state index is 11.2. The molecule has 6 heteroatoms. The molecule has 2 aromatic rings. The van der Waals surface area contributed by atoms with Crippen molar-refractivity contribution < 1.29 is 19.5 Å². The number of carbonyl (C=O) groups is 1. The molecular weight excluding hydrogens is 354 g/mol. The Kier molecular flexibility index (Phi) is 7.63. The second-order valence-electron chi connectivity index (χ2n) is 5.77. The standard InChI is InChI=1S/C20H22ClNO4/c1-3-25-19(20(23)24)12-15-6-4-8-17(10-15)14(2)22-26-13-16-7-5-9-18(21)11-16/h4-11,19H,3,12-13H2,1-2H3,(H,23,24)/b22-14+. The van der Waals surface area contributed by atoms with E-state index < -0.39 is 12.1 Å². The summed E-state index contributed by atoms with van der Waals surface area (Å²) >= 11 is 5.94. The highest BCUT2D eigenvalue weighted by molar-refractivity contribution is 6.30. The van der Waals surface area contributed by atoms with Crippen LogP contribution in [0, 0.1) is 0 Å². The van der Waals surface area contributed by atoms with Crippen molar-refractivity contribution in [2.45, 2.75) is 33.0 Å². The van der Waals surface area contributed by atoms with Gasteiger partial charge < -0.3 is 14.7 Å². The second kappa shape index (κ2) is 9.94. The van der Waals surface area contributed by atoms with Crippen LogP contribution in [0.25, 0.3) is 0 Å². The smallest absolute Gasteiger partial charge is 0.333 e. The van der Waals surface area contributed by atoms with E-state index in [9.17, 15) is 9.90 Å². The van der Waals surface area contributed by atoms with Crippen LogP contribution in [0.5, 0.6) is 0 Å². The van der Waals surface area contributed by atoms with E-state index >= 15 is 0 Å². The molecule has 0 aromatic heterocycles. The minimum Gasteiger partial charge on any atom is -0.479 e. The maximum Gasteiger partial charge on any atom is 0.333 e. The predicted octanol–water partition coefficient (Wildman–Crippen LogP) is 4.31. The minimum atomic E-state index is -0.965. The first-order chi connectivity index (χ1) is 12.5. The quantitative estimate of drug-likeness (QED) is 0.523. The fraction of sp³-hybridized carbons (Fsp3) is 0.300. The lowest BCUT2D eigenvalue weighted by atomic mass is 10.0. The number of oxime groups is 1. The largest absolute Gasteiger partial charge is 0.479 e. The van der Waals surface area contributed by atoms with Gasteiger partial charge in [-0.25, -0.2) is 4.79 Å². The van der Waals surface area contributed by atoms with E-state index in [1.807, 2.05) is 49.4 Å². The van der Waals surface area contributed by atoms with E-state index in [1.54, 1.807) is 13.0 Å². The molecule has 1 unspecified atom stereocenters. The zero-order valence-corrected chi connectivity index (χ0v) is 15.6. The Bertz CT molecular complexity index is 776. The molecule has 0 saturated carbocycles. The fourth-order valence-corrected chi connectivity index (χ4v) is 2.65. The number of ether oxygens (including phenoxy) is 1. The van der Waals surface area contributed by atoms with Gasteiger partial charge in [0.1, 0.15) is 6.61 Å². The van der Waals surface area contributed by atoms with Crippen LogP contribution in [-0.4, -0.2) is 29.5 Å². The van der Waals surface area contributed by atoms with Gasteiger partial charge in [-0.2, -0.15) is 0 Å². The lowest BCUT2D eigenvalue weighted by Crippen LogP contribution is -2.26. The molecular formula is C20H22ClNO4. The van der Waals surface area contributed by atoms with Gasteiger partial charge in [-0.05, 0) is 48.7 Å². The molecule has 1 atom stereocenters. The molecule has 5 nitrogen and oxygen atoms in total. The van der Waals surface area contributed by atoms with Gasteiger partial charge in [0.05, 0.1) is 5.71 Å². The number of carboxylic acids is 1. The minimum absolute atomic E-state index is 0.299. The molecule has 0 amide bonds. The van der Waals surface area contributed by atoms with Crippen molar-refractivity contribution in [3.8, 4) is 0 Å². The van der Waals surface area contributed by atoms with Crippen LogP contribution in [0.4, 0.5) is 0 Å². The molecule has 138 valence electrons. The molecule has 0 radical (unpaired) electrons. The summed E-state index contributed by atoms with van der Waals surface area (Å²) in [5, 5.41) is 14.0. The average molecular weight is 376 g/mol. The summed E-state index contributed by atoms with van der Waals surface area (Å²) in [5.74, 6) is -0.965. The van der Waals surface area contributed by atoms with Crippen molar-refractivity contribution in [2.75, 3.05) is 6.61 Å². The van der Waals surface area contributed by atoms with Gasteiger partial charge in [0.25, 0.3) is 0 Å². The Morgan fingerprint density at radius 1 is 1.19 bits per heavy atom. The topological polar surface area (TPSA) is 68.1 Å². The molecule has 2 rings (SSSR count). The predicted molar refractivity (Wildman–Crippen MR) is 102 cm³/mol. The summed E-state index contributed by atoms with van der Waals surface area (Å²) in [6.07, 6.45) is -0.556. The van der Waals surface area contributed by atoms with Crippen LogP contribution in [0.1, 0.15) is 30.5 Å². The van der Waals surface area contributed by atoms with Crippen LogP contribution < -0.4 is 0 Å². The van der Waals surface area contributed by atoms with Crippen molar-refractivity contribution in [2.24, 2.45) is 5.16 Å². The lowest BCUT2D eigenvalue weighted by Gasteiger charge is -2.13. The highest BCUT2D eigenvalue weighted by Crippen LogP contribution is 2.13. The fourth-order valence-electron chi connectivity index (χ4n) is 2.44. The highest BCUT2D eigenvalue weighted by atomic mass is 35.5. The second-order valence-corrected chi connectivity index (χ2v) is 6.20. The molecule has 0 saturated heterocycles. The average Bonchev–Trinajstić information content (AvgIpc) is 2.61. The molecule has 0 aliphatic rings. The third-order valence-electron chi connectivity index (χ3n) is 3.73. The van der Waals surface area contributed by atoms with Gasteiger partial charge in [-0.1, -0.05) is 47.1 Å². The van der Waals surface area contributed by atoms with Crippen molar-refractivity contribution in [3.63, 3.8) is 0 Å². The summed E-state index contributed by atoms with van der Waals surface area (Å²) < 4.78 is 5.27. The Labute approximate surface area is 158 Å². The molecule has 26 heavy (non-hydrogen) atoms. The first kappa shape index (κ1) is 19.9. The van der Waals surface area contributed by atoms with Crippen LogP contribution in [0.2, 0.25) is 5.02 Å². The van der Waals surface area contributed by atoms with Gasteiger partial charge in [0.15, 0.2) is 6.10 Å². The Morgan fingerprint density at radius 3 is 2.62 bits per heavy atom. The molecule has 1 N–H and O–H groups in total. The van der Waals surface area contributed by atoms with Crippen LogP contribution >= 0.6 is 11.6 Å². The molecule has 0 heterocycles. The molecule has 0 bridgehead atoms. The first-order valence-corrected chi connectivity index (χ1v) is 8.72. The number of aliphatic carboxylic acids is 1. The number of hydrogen-bond donors (Lipinski definition) is 1. The molecule has 0 aliphatic heterocycles. The van der Waals surface area contributed by atoms with Gasteiger partial charge in [0.2, 0.25) is 0 Å². The van der Waals surface area contributed by atoms with E-state index in [0.29, 0.717) is 30.4 Å². The normalized spacial score (nSPS) is 12.7. The lowest BCUT2D eigenvalue weighted by molar-refractivity contribution is -0.149. The number of hydrogen-bond acceptors (Lipinski definition) is 4. The van der Waals surface area contributed by atoms with E-state index in [2.05, 4.69) is 5.16 Å². The zero-order valence-electron chi connectivity index (χ0n) is 14.8. The van der Waals surface area contributed by atoms with Gasteiger partial charge >= 0.3 is 5.97 Å². The zero-order chi connectivity index (χ0) is 18.9. The molecule has 0 aliphatic carbocycles. The first-order valence-electron chi connectivity index (χ1n) is 8.34. The van der Waals surface area contributed by atoms with E-state index in [4.69, 9.17) is 21.2 Å². The number of carboxylic acid groups (broad SMARTS) is 1. The van der Waals surface area contributed by atoms with Crippen molar-refractivity contribution in [1.82, 2.24) is 0 Å². The summed E-state index contributed by atoms with van der Waals surface area (Å²) in [6.45, 7) is 4.30. The Morgan fingerprint density at radius 2 is 1.92 bits per heavy atom. The van der Waals surface area contributed by atoms with Gasteiger partial charge in [-0.15, -0.1) is 0 Å². The number of nitrogens with zero attached hydrogens (tertiary/aromatic N) is 1. The van der Waals surface area contributed by atoms with E-state index in [0.717, 1.165) is 16.7 Å². The van der Waals surface area contributed by atoms with Crippen molar-refractivity contribution in [1.29, 1.82) is 0 Å². The van der Waals surface area contributed by atoms with Crippen molar-refractivity contribution >= 4 is 23.3 Å². The summed E-state index contributed by atoms with van der Waals surface area (Å²) in [6, 6.07) is 14.9. The third kappa shape index (κ3) is 6.17. The molecule has 0 spiro atoms. The summed E-state index contributed by atoms with van der Waals surface area (Å²) in [7, 11) is 0. The van der Waals surface area contributed by atoms with Gasteiger partial charge in [0, 0.05) is 18.1 Å². The monoisotopic (exact) mass is 375 g/mol. The Hall–Kier alpha value is -2.37. The molecule has 2 aromatic carbocycles. The summed E-state index contributed by atoms with van der Waals surface area (Å²) in [4.78, 5) is 16.6. The van der Waals surface area contributed by atoms with Crippen LogP contribution in [0.15, 0.2) is 53.7 Å². The number of rotatable bonds is 9. The van der Waals surface area contributed by atoms with Crippen molar-refractivity contribution in [3.05, 3.63) is 70.2 Å². The van der Waals surface area contributed by atoms with Crippen LogP contribution in [-0.2, 0) is 27.4 Å². The number of halogens is 1. The van der Waals surface area contributed by atoms with Crippen LogP contribution in [0.3, 0.4) is 0 Å². The van der Waals surface area contributed by atoms with E-state index in [-0.39, 0.29) is 0 Å². The highest BCUT2D eigenvalue weighted by Gasteiger charge is 2.18.